The Hall–Kier alpha value is -2.71. The summed E-state index contributed by atoms with van der Waals surface area (Å²) >= 11 is 0. The van der Waals surface area contributed by atoms with Crippen LogP contribution in [0.1, 0.15) is 17.7 Å². The maximum absolute atomic E-state index is 12.3. The van der Waals surface area contributed by atoms with Crippen LogP contribution in [0, 0.1) is 0 Å². The Kier molecular flexibility index (Phi) is 5.34. The number of hydrogen-bond donors (Lipinski definition) is 2. The van der Waals surface area contributed by atoms with Gasteiger partial charge in [-0.25, -0.2) is 0 Å². The second-order valence-electron chi connectivity index (χ2n) is 6.02. The van der Waals surface area contributed by atoms with Crippen LogP contribution in [0.3, 0.4) is 0 Å². The lowest BCUT2D eigenvalue weighted by molar-refractivity contribution is -0.153. The molecule has 0 aliphatic heterocycles. The van der Waals surface area contributed by atoms with E-state index in [0.29, 0.717) is 6.42 Å². The number of rotatable bonds is 6. The van der Waals surface area contributed by atoms with Crippen LogP contribution in [0.5, 0.6) is 11.5 Å². The summed E-state index contributed by atoms with van der Waals surface area (Å²) in [5.74, 6) is -0.307. The Morgan fingerprint density at radius 3 is 2.73 bits per heavy atom. The highest BCUT2D eigenvalue weighted by atomic mass is 19.4. The molecule has 9 heteroatoms. The predicted octanol–water partition coefficient (Wildman–Crippen LogP) is 2.40. The van der Waals surface area contributed by atoms with Gasteiger partial charge in [0, 0.05) is 11.7 Å². The van der Waals surface area contributed by atoms with Gasteiger partial charge >= 0.3 is 6.18 Å². The van der Waals surface area contributed by atoms with E-state index in [1.807, 2.05) is 0 Å². The summed E-state index contributed by atoms with van der Waals surface area (Å²) in [6, 6.07) is 5.92. The van der Waals surface area contributed by atoms with Gasteiger partial charge in [0.15, 0.2) is 24.7 Å². The second-order valence-corrected chi connectivity index (χ2v) is 6.02. The molecule has 0 radical (unpaired) electrons. The van der Waals surface area contributed by atoms with Crippen molar-refractivity contribution in [3.63, 3.8) is 0 Å². The first kappa shape index (κ1) is 18.1. The van der Waals surface area contributed by atoms with Gasteiger partial charge in [-0.1, -0.05) is 12.1 Å². The first-order chi connectivity index (χ1) is 12.4. The highest BCUT2D eigenvalue weighted by Gasteiger charge is 2.29. The maximum atomic E-state index is 12.3. The van der Waals surface area contributed by atoms with Crippen LogP contribution >= 0.6 is 0 Å². The number of nitrogens with zero attached hydrogens (tertiary/aromatic N) is 1. The predicted molar refractivity (Wildman–Crippen MR) is 86.0 cm³/mol. The topological polar surface area (TPSA) is 76.2 Å². The number of nitrogens with one attached hydrogen (secondary N) is 2. The molecule has 1 aromatic heterocycles. The number of fused-ring (bicyclic) bond motifs is 1. The zero-order valence-electron chi connectivity index (χ0n) is 13.8. The molecular formula is C17H18F3N3O3. The quantitative estimate of drug-likeness (QED) is 0.820. The third-order valence-corrected chi connectivity index (χ3v) is 3.98. The van der Waals surface area contributed by atoms with Crippen LogP contribution in [-0.2, 0) is 17.6 Å². The van der Waals surface area contributed by atoms with Gasteiger partial charge in [-0.05, 0) is 37.0 Å². The number of amides is 1. The van der Waals surface area contributed by atoms with Crippen molar-refractivity contribution in [2.24, 2.45) is 0 Å². The number of aryl methyl sites for hydroxylation is 1. The van der Waals surface area contributed by atoms with Crippen molar-refractivity contribution >= 4 is 5.91 Å². The number of aromatic nitrogens is 2. The standard InChI is InChI=1S/C17H18F3N3O3/c18-17(19,20)10-26-15-4-2-1-3-14(15)25-9-16(24)22-12-5-6-13-11(7-12)8-21-23-13/h1-4,8,12H,5-7,9-10H2,(H,21,23)(H,22,24). The summed E-state index contributed by atoms with van der Waals surface area (Å²) in [7, 11) is 0. The number of aromatic amines is 1. The smallest absolute Gasteiger partial charge is 0.422 e. The minimum atomic E-state index is -4.45. The highest BCUT2D eigenvalue weighted by Crippen LogP contribution is 2.28. The van der Waals surface area contributed by atoms with Crippen LogP contribution in [0.15, 0.2) is 30.5 Å². The summed E-state index contributed by atoms with van der Waals surface area (Å²) in [6.45, 7) is -1.73. The summed E-state index contributed by atoms with van der Waals surface area (Å²) in [5, 5.41) is 9.78. The Bertz CT molecular complexity index is 761. The zero-order chi connectivity index (χ0) is 18.6. The number of H-pyrrole nitrogens is 1. The van der Waals surface area contributed by atoms with E-state index in [1.54, 1.807) is 12.3 Å². The first-order valence-electron chi connectivity index (χ1n) is 8.12. The van der Waals surface area contributed by atoms with Gasteiger partial charge in [-0.15, -0.1) is 0 Å². The number of benzene rings is 1. The molecule has 1 aliphatic rings. The monoisotopic (exact) mass is 369 g/mol. The molecule has 0 saturated carbocycles. The van der Waals surface area contributed by atoms with E-state index < -0.39 is 12.8 Å². The van der Waals surface area contributed by atoms with Crippen molar-refractivity contribution in [3.05, 3.63) is 41.7 Å². The average Bonchev–Trinajstić information content (AvgIpc) is 3.06. The molecule has 1 unspecified atom stereocenters. The van der Waals surface area contributed by atoms with Gasteiger partial charge in [0.25, 0.3) is 5.91 Å². The molecule has 1 amide bonds. The van der Waals surface area contributed by atoms with Crippen molar-refractivity contribution in [2.45, 2.75) is 31.5 Å². The minimum absolute atomic E-state index is 0.0204. The van der Waals surface area contributed by atoms with Crippen LogP contribution in [0.25, 0.3) is 0 Å². The van der Waals surface area contributed by atoms with E-state index in [4.69, 9.17) is 9.47 Å². The molecule has 2 N–H and O–H groups in total. The molecule has 1 aliphatic carbocycles. The Morgan fingerprint density at radius 1 is 1.27 bits per heavy atom. The van der Waals surface area contributed by atoms with E-state index in [2.05, 4.69) is 15.5 Å². The van der Waals surface area contributed by atoms with E-state index in [9.17, 15) is 18.0 Å². The lowest BCUT2D eigenvalue weighted by atomic mass is 9.93. The molecule has 0 spiro atoms. The highest BCUT2D eigenvalue weighted by molar-refractivity contribution is 5.78. The lowest BCUT2D eigenvalue weighted by Crippen LogP contribution is -2.41. The Morgan fingerprint density at radius 2 is 2.00 bits per heavy atom. The fourth-order valence-electron chi connectivity index (χ4n) is 2.80. The number of alkyl halides is 3. The number of ether oxygens (including phenoxy) is 2. The molecule has 0 bridgehead atoms. The molecule has 1 atom stereocenters. The maximum Gasteiger partial charge on any atom is 0.422 e. The van der Waals surface area contributed by atoms with Crippen molar-refractivity contribution < 1.29 is 27.4 Å². The Labute approximate surface area is 147 Å². The van der Waals surface area contributed by atoms with Crippen molar-refractivity contribution in [3.8, 4) is 11.5 Å². The van der Waals surface area contributed by atoms with Crippen LogP contribution in [0.2, 0.25) is 0 Å². The van der Waals surface area contributed by atoms with Gasteiger partial charge < -0.3 is 14.8 Å². The van der Waals surface area contributed by atoms with Gasteiger partial charge in [-0.3, -0.25) is 9.89 Å². The largest absolute Gasteiger partial charge is 0.480 e. The van der Waals surface area contributed by atoms with Crippen molar-refractivity contribution in [1.82, 2.24) is 15.5 Å². The normalized spacial score (nSPS) is 16.7. The molecule has 2 aromatic rings. The van der Waals surface area contributed by atoms with Crippen LogP contribution < -0.4 is 14.8 Å². The van der Waals surface area contributed by atoms with Gasteiger partial charge in [-0.2, -0.15) is 18.3 Å². The Balaban J connectivity index is 1.50. The first-order valence-corrected chi connectivity index (χ1v) is 8.12. The van der Waals surface area contributed by atoms with Crippen LogP contribution in [-0.4, -0.2) is 41.5 Å². The number of carbonyl (C=O) groups excluding carboxylic acids is 1. The molecule has 3 rings (SSSR count). The summed E-state index contributed by atoms with van der Waals surface area (Å²) < 4.78 is 46.9. The average molecular weight is 369 g/mol. The van der Waals surface area contributed by atoms with Gasteiger partial charge in [0.2, 0.25) is 0 Å². The number of halogens is 3. The van der Waals surface area contributed by atoms with E-state index in [0.717, 1.165) is 24.1 Å². The summed E-state index contributed by atoms with van der Waals surface area (Å²) in [6.07, 6.45) is -0.430. The SMILES string of the molecule is O=C(COc1ccccc1OCC(F)(F)F)NC1CCc2[nH]ncc2C1. The minimum Gasteiger partial charge on any atom is -0.480 e. The molecule has 6 nitrogen and oxygen atoms in total. The molecule has 140 valence electrons. The second kappa shape index (κ2) is 7.67. The molecule has 1 aromatic carbocycles. The summed E-state index contributed by atoms with van der Waals surface area (Å²) in [4.78, 5) is 12.1. The molecule has 0 fully saturated rings. The van der Waals surface area contributed by atoms with Crippen molar-refractivity contribution in [2.75, 3.05) is 13.2 Å². The third kappa shape index (κ3) is 4.90. The number of hydrogen-bond acceptors (Lipinski definition) is 4. The lowest BCUT2D eigenvalue weighted by Gasteiger charge is -2.23. The van der Waals surface area contributed by atoms with Gasteiger partial charge in [0.05, 0.1) is 6.20 Å². The van der Waals surface area contributed by atoms with Crippen LogP contribution in [0.4, 0.5) is 13.2 Å². The fraction of sp³-hybridized carbons (Fsp3) is 0.412. The molecule has 0 saturated heterocycles. The molecule has 1 heterocycles. The van der Waals surface area contributed by atoms with Gasteiger partial charge in [0.1, 0.15) is 0 Å². The van der Waals surface area contributed by atoms with Crippen molar-refractivity contribution in [1.29, 1.82) is 0 Å². The number of carbonyl (C=O) groups is 1. The molecular weight excluding hydrogens is 351 g/mol. The summed E-state index contributed by atoms with van der Waals surface area (Å²) in [5.41, 5.74) is 2.16. The van der Waals surface area contributed by atoms with E-state index in [-0.39, 0.29) is 30.1 Å². The third-order valence-electron chi connectivity index (χ3n) is 3.98. The zero-order valence-corrected chi connectivity index (χ0v) is 13.8. The fourth-order valence-corrected chi connectivity index (χ4v) is 2.80. The van der Waals surface area contributed by atoms with E-state index in [1.165, 1.54) is 18.2 Å². The molecule has 26 heavy (non-hydrogen) atoms. The number of para-hydroxylation sites is 2. The van der Waals surface area contributed by atoms with E-state index >= 15 is 0 Å².